The highest BCUT2D eigenvalue weighted by Gasteiger charge is 2.35. The summed E-state index contributed by atoms with van der Waals surface area (Å²) in [6, 6.07) is 7.65. The van der Waals surface area contributed by atoms with Gasteiger partial charge in [-0.05, 0) is 31.0 Å². The van der Waals surface area contributed by atoms with E-state index in [0.717, 1.165) is 49.2 Å². The number of carbonyl (C=O) groups is 1. The Morgan fingerprint density at radius 2 is 2.15 bits per heavy atom. The minimum Gasteiger partial charge on any atom is -0.389 e. The molecule has 1 saturated heterocycles. The molecule has 2 aromatic rings. The molecule has 144 valence electrons. The largest absolute Gasteiger partial charge is 0.389 e. The molecule has 2 aliphatic rings. The van der Waals surface area contributed by atoms with E-state index in [1.807, 2.05) is 29.2 Å². The number of nitrogens with zero attached hydrogens (tertiary/aromatic N) is 3. The molecule has 2 fully saturated rings. The third-order valence-corrected chi connectivity index (χ3v) is 5.56. The first-order valence-corrected chi connectivity index (χ1v) is 9.71. The second-order valence-corrected chi connectivity index (χ2v) is 7.58. The molecule has 7 heteroatoms. The van der Waals surface area contributed by atoms with E-state index >= 15 is 0 Å². The maximum absolute atomic E-state index is 12.8. The highest BCUT2D eigenvalue weighted by molar-refractivity contribution is 5.77. The van der Waals surface area contributed by atoms with Gasteiger partial charge in [-0.3, -0.25) is 9.89 Å². The number of rotatable bonds is 4. The van der Waals surface area contributed by atoms with Crippen molar-refractivity contribution in [2.75, 3.05) is 19.7 Å². The number of aliphatic hydroxyl groups is 1. The number of H-pyrrole nitrogens is 1. The normalized spacial score (nSPS) is 22.6. The number of ether oxygens (including phenoxy) is 1. The molecule has 3 heterocycles. The summed E-state index contributed by atoms with van der Waals surface area (Å²) < 4.78 is 5.89. The first-order chi connectivity index (χ1) is 13.1. The van der Waals surface area contributed by atoms with Crippen molar-refractivity contribution < 1.29 is 14.6 Å². The number of hydrogen-bond acceptors (Lipinski definition) is 5. The highest BCUT2D eigenvalue weighted by Crippen LogP contribution is 2.32. The van der Waals surface area contributed by atoms with Gasteiger partial charge >= 0.3 is 0 Å². The Balaban J connectivity index is 1.43. The molecule has 27 heavy (non-hydrogen) atoms. The molecule has 1 amide bonds. The molecule has 1 aliphatic heterocycles. The molecule has 1 aliphatic carbocycles. The smallest absolute Gasteiger partial charge is 0.225 e. The van der Waals surface area contributed by atoms with Gasteiger partial charge < -0.3 is 14.7 Å². The Morgan fingerprint density at radius 3 is 2.93 bits per heavy atom. The second-order valence-electron chi connectivity index (χ2n) is 7.58. The molecular formula is C20H26N4O3. The fourth-order valence-corrected chi connectivity index (χ4v) is 4.01. The van der Waals surface area contributed by atoms with Gasteiger partial charge in [-0.2, -0.15) is 5.10 Å². The maximum atomic E-state index is 12.8. The maximum Gasteiger partial charge on any atom is 0.225 e. The van der Waals surface area contributed by atoms with E-state index in [9.17, 15) is 9.90 Å². The van der Waals surface area contributed by atoms with E-state index in [-0.39, 0.29) is 18.4 Å². The summed E-state index contributed by atoms with van der Waals surface area (Å²) >= 11 is 0. The summed E-state index contributed by atoms with van der Waals surface area (Å²) in [5.41, 5.74) is 1.62. The van der Waals surface area contributed by atoms with Gasteiger partial charge in [-0.15, -0.1) is 0 Å². The van der Waals surface area contributed by atoms with Crippen LogP contribution in [0.4, 0.5) is 0 Å². The van der Waals surface area contributed by atoms with Crippen LogP contribution in [-0.2, 0) is 9.53 Å². The summed E-state index contributed by atoms with van der Waals surface area (Å²) in [5, 5.41) is 17.6. The summed E-state index contributed by atoms with van der Waals surface area (Å²) in [4.78, 5) is 19.3. The molecule has 0 bridgehead atoms. The fraction of sp³-hybridized carbons (Fsp3) is 0.550. The quantitative estimate of drug-likeness (QED) is 0.863. The van der Waals surface area contributed by atoms with Gasteiger partial charge in [0.05, 0.1) is 42.3 Å². The Labute approximate surface area is 158 Å². The van der Waals surface area contributed by atoms with Crippen LogP contribution in [0.5, 0.6) is 0 Å². The lowest BCUT2D eigenvalue weighted by Crippen LogP contribution is -2.46. The fourth-order valence-electron chi connectivity index (χ4n) is 4.01. The third-order valence-electron chi connectivity index (χ3n) is 5.56. The van der Waals surface area contributed by atoms with Crippen molar-refractivity contribution >= 4 is 5.91 Å². The monoisotopic (exact) mass is 370 g/mol. The molecule has 1 saturated carbocycles. The number of aromatic amines is 1. The molecule has 0 radical (unpaired) electrons. The van der Waals surface area contributed by atoms with Crippen LogP contribution in [0.15, 0.2) is 30.5 Å². The molecule has 2 aromatic heterocycles. The van der Waals surface area contributed by atoms with E-state index in [4.69, 9.17) is 4.74 Å². The van der Waals surface area contributed by atoms with Gasteiger partial charge in [0.1, 0.15) is 6.10 Å². The number of hydrogen-bond donors (Lipinski definition) is 2. The number of pyridine rings is 1. The molecule has 7 nitrogen and oxygen atoms in total. The van der Waals surface area contributed by atoms with Crippen LogP contribution in [0.1, 0.15) is 50.3 Å². The number of carbonyl (C=O) groups excluding carboxylic acids is 1. The number of nitrogens with one attached hydrogen (secondary N) is 1. The standard InChI is InChI=1S/C20H26N4O3/c25-19(13-20(26)8-2-1-3-9-20)24-11-12-27-18(14-24)17-6-4-5-15(22-17)16-7-10-21-23-16/h4-7,10,18,26H,1-3,8-9,11-14H2,(H,21,23). The van der Waals surface area contributed by atoms with Gasteiger partial charge in [-0.25, -0.2) is 4.98 Å². The van der Waals surface area contributed by atoms with Crippen LogP contribution < -0.4 is 0 Å². The summed E-state index contributed by atoms with van der Waals surface area (Å²) in [5.74, 6) is 0.0115. The van der Waals surface area contributed by atoms with Crippen LogP contribution in [-0.4, -0.2) is 56.4 Å². The van der Waals surface area contributed by atoms with Crippen molar-refractivity contribution in [2.24, 2.45) is 0 Å². The molecule has 0 aromatic carbocycles. The summed E-state index contributed by atoms with van der Waals surface area (Å²) in [6.07, 6.45) is 6.24. The Morgan fingerprint density at radius 1 is 1.30 bits per heavy atom. The molecule has 1 unspecified atom stereocenters. The SMILES string of the molecule is O=C(CC1(O)CCCCC1)N1CCOC(c2cccc(-c3ccn[nH]3)n2)C1. The Kier molecular flexibility index (Phi) is 5.22. The lowest BCUT2D eigenvalue weighted by Gasteiger charge is -2.37. The molecule has 4 rings (SSSR count). The summed E-state index contributed by atoms with van der Waals surface area (Å²) in [6.45, 7) is 1.50. The van der Waals surface area contributed by atoms with Crippen molar-refractivity contribution in [3.05, 3.63) is 36.2 Å². The Hall–Kier alpha value is -2.25. The van der Waals surface area contributed by atoms with E-state index in [2.05, 4.69) is 15.2 Å². The minimum absolute atomic E-state index is 0.0115. The number of morpholine rings is 1. The van der Waals surface area contributed by atoms with Crippen molar-refractivity contribution in [1.29, 1.82) is 0 Å². The lowest BCUT2D eigenvalue weighted by atomic mass is 9.82. The van der Waals surface area contributed by atoms with Gasteiger partial charge in [0.25, 0.3) is 0 Å². The van der Waals surface area contributed by atoms with Crippen LogP contribution in [0.25, 0.3) is 11.4 Å². The van der Waals surface area contributed by atoms with E-state index in [1.165, 1.54) is 0 Å². The molecular weight excluding hydrogens is 344 g/mol. The molecule has 1 atom stereocenters. The first kappa shape index (κ1) is 18.1. The molecule has 0 spiro atoms. The first-order valence-electron chi connectivity index (χ1n) is 9.71. The van der Waals surface area contributed by atoms with E-state index < -0.39 is 5.60 Å². The minimum atomic E-state index is -0.831. The van der Waals surface area contributed by atoms with Crippen LogP contribution in [0.3, 0.4) is 0 Å². The third kappa shape index (κ3) is 4.20. The average molecular weight is 370 g/mol. The highest BCUT2D eigenvalue weighted by atomic mass is 16.5. The average Bonchev–Trinajstić information content (AvgIpc) is 3.23. The van der Waals surface area contributed by atoms with E-state index in [0.29, 0.717) is 19.7 Å². The topological polar surface area (TPSA) is 91.3 Å². The van der Waals surface area contributed by atoms with Crippen molar-refractivity contribution in [3.63, 3.8) is 0 Å². The predicted molar refractivity (Wildman–Crippen MR) is 99.7 cm³/mol. The zero-order chi connectivity index (χ0) is 18.7. The number of amides is 1. The van der Waals surface area contributed by atoms with Crippen LogP contribution >= 0.6 is 0 Å². The zero-order valence-corrected chi connectivity index (χ0v) is 15.4. The van der Waals surface area contributed by atoms with Gasteiger partial charge in [0.15, 0.2) is 0 Å². The van der Waals surface area contributed by atoms with Gasteiger partial charge in [0, 0.05) is 12.7 Å². The van der Waals surface area contributed by atoms with Crippen molar-refractivity contribution in [2.45, 2.75) is 50.2 Å². The zero-order valence-electron chi connectivity index (χ0n) is 15.4. The van der Waals surface area contributed by atoms with Crippen molar-refractivity contribution in [1.82, 2.24) is 20.1 Å². The number of aromatic nitrogens is 3. The predicted octanol–water partition coefficient (Wildman–Crippen LogP) is 2.46. The molecule has 2 N–H and O–H groups in total. The van der Waals surface area contributed by atoms with Crippen LogP contribution in [0.2, 0.25) is 0 Å². The Bertz CT molecular complexity index is 771. The van der Waals surface area contributed by atoms with Crippen LogP contribution in [0, 0.1) is 0 Å². The van der Waals surface area contributed by atoms with Crippen molar-refractivity contribution in [3.8, 4) is 11.4 Å². The second kappa shape index (κ2) is 7.78. The van der Waals surface area contributed by atoms with E-state index in [1.54, 1.807) is 6.20 Å². The van der Waals surface area contributed by atoms with Gasteiger partial charge in [0.2, 0.25) is 5.91 Å². The summed E-state index contributed by atoms with van der Waals surface area (Å²) in [7, 11) is 0. The van der Waals surface area contributed by atoms with Gasteiger partial charge in [-0.1, -0.05) is 25.3 Å². The lowest BCUT2D eigenvalue weighted by molar-refractivity contribution is -0.145.